The molecule has 2 rings (SSSR count). The van der Waals surface area contributed by atoms with Crippen molar-refractivity contribution in [2.45, 2.75) is 20.5 Å². The lowest BCUT2D eigenvalue weighted by Crippen LogP contribution is -2.03. The van der Waals surface area contributed by atoms with Crippen LogP contribution < -0.4 is 4.74 Å². The van der Waals surface area contributed by atoms with E-state index in [-0.39, 0.29) is 5.75 Å². The highest BCUT2D eigenvalue weighted by atomic mass is 19.3. The van der Waals surface area contributed by atoms with Gasteiger partial charge in [0.25, 0.3) is 0 Å². The Morgan fingerprint density at radius 3 is 2.32 bits per heavy atom. The highest BCUT2D eigenvalue weighted by molar-refractivity contribution is 5.77. The van der Waals surface area contributed by atoms with Crippen LogP contribution in [0.15, 0.2) is 30.3 Å². The quantitative estimate of drug-likeness (QED) is 0.792. The molecular formula is C14H13F2NO2. The van der Waals surface area contributed by atoms with Gasteiger partial charge in [0.1, 0.15) is 5.75 Å². The molecule has 0 radical (unpaired) electrons. The second-order valence-corrected chi connectivity index (χ2v) is 4.15. The molecule has 0 aliphatic rings. The van der Waals surface area contributed by atoms with Crippen molar-refractivity contribution in [2.24, 2.45) is 0 Å². The first kappa shape index (κ1) is 13.3. The summed E-state index contributed by atoms with van der Waals surface area (Å²) in [5.74, 6) is 0.108. The van der Waals surface area contributed by atoms with Crippen LogP contribution in [0.5, 0.6) is 5.75 Å². The summed E-state index contributed by atoms with van der Waals surface area (Å²) in [5, 5.41) is 0. The van der Waals surface area contributed by atoms with Gasteiger partial charge in [-0.2, -0.15) is 8.78 Å². The van der Waals surface area contributed by atoms with E-state index >= 15 is 0 Å². The smallest absolute Gasteiger partial charge is 0.387 e. The maximum absolute atomic E-state index is 12.1. The van der Waals surface area contributed by atoms with E-state index < -0.39 is 6.61 Å². The van der Waals surface area contributed by atoms with Crippen LogP contribution in [0.25, 0.3) is 5.69 Å². The molecule has 0 amide bonds. The second kappa shape index (κ2) is 5.22. The summed E-state index contributed by atoms with van der Waals surface area (Å²) in [6.45, 7) is 0.881. The molecule has 0 bridgehead atoms. The maximum Gasteiger partial charge on any atom is 0.387 e. The van der Waals surface area contributed by atoms with Crippen molar-refractivity contribution in [1.82, 2.24) is 4.57 Å². The van der Waals surface area contributed by atoms with E-state index in [1.54, 1.807) is 18.2 Å². The standard InChI is InChI=1S/C14H13F2NO2/c1-9-7-11(8-18)10(2)17(9)12-3-5-13(6-4-12)19-14(15)16/h3-8,14H,1-2H3. The average Bonchev–Trinajstić information content (AvgIpc) is 2.65. The molecule has 0 aliphatic heterocycles. The van der Waals surface area contributed by atoms with Gasteiger partial charge in [0.2, 0.25) is 0 Å². The lowest BCUT2D eigenvalue weighted by molar-refractivity contribution is -0.0498. The van der Waals surface area contributed by atoms with Crippen molar-refractivity contribution in [1.29, 1.82) is 0 Å². The summed E-state index contributed by atoms with van der Waals surface area (Å²) in [6, 6.07) is 8.08. The number of rotatable bonds is 4. The van der Waals surface area contributed by atoms with Crippen molar-refractivity contribution in [3.8, 4) is 11.4 Å². The molecule has 1 aromatic heterocycles. The molecule has 0 fully saturated rings. The van der Waals surface area contributed by atoms with E-state index in [9.17, 15) is 13.6 Å². The average molecular weight is 265 g/mol. The highest BCUT2D eigenvalue weighted by Crippen LogP contribution is 2.22. The molecule has 2 aromatic rings. The molecule has 100 valence electrons. The molecule has 5 heteroatoms. The Labute approximate surface area is 109 Å². The third-order valence-corrected chi connectivity index (χ3v) is 2.92. The fourth-order valence-electron chi connectivity index (χ4n) is 2.08. The third kappa shape index (κ3) is 2.65. The van der Waals surface area contributed by atoms with Crippen molar-refractivity contribution < 1.29 is 18.3 Å². The second-order valence-electron chi connectivity index (χ2n) is 4.15. The number of carbonyl (C=O) groups excluding carboxylic acids is 1. The van der Waals surface area contributed by atoms with Crippen molar-refractivity contribution in [2.75, 3.05) is 0 Å². The third-order valence-electron chi connectivity index (χ3n) is 2.92. The van der Waals surface area contributed by atoms with Gasteiger partial charge in [0, 0.05) is 22.6 Å². The van der Waals surface area contributed by atoms with E-state index in [1.165, 1.54) is 12.1 Å². The van der Waals surface area contributed by atoms with Gasteiger partial charge in [-0.05, 0) is 44.2 Å². The highest BCUT2D eigenvalue weighted by Gasteiger charge is 2.10. The molecule has 1 aromatic carbocycles. The van der Waals surface area contributed by atoms with Gasteiger partial charge < -0.3 is 9.30 Å². The van der Waals surface area contributed by atoms with Gasteiger partial charge in [0.05, 0.1) is 0 Å². The number of aromatic nitrogens is 1. The Balaban J connectivity index is 2.37. The van der Waals surface area contributed by atoms with Crippen LogP contribution in [0.3, 0.4) is 0 Å². The Kier molecular flexibility index (Phi) is 3.64. The molecule has 1 heterocycles. The number of halogens is 2. The fraction of sp³-hybridized carbons (Fsp3) is 0.214. The lowest BCUT2D eigenvalue weighted by Gasteiger charge is -2.10. The Morgan fingerprint density at radius 1 is 1.21 bits per heavy atom. The van der Waals surface area contributed by atoms with Gasteiger partial charge in [-0.1, -0.05) is 0 Å². The molecule has 19 heavy (non-hydrogen) atoms. The summed E-state index contributed by atoms with van der Waals surface area (Å²) in [7, 11) is 0. The summed E-state index contributed by atoms with van der Waals surface area (Å²) in [4.78, 5) is 10.9. The minimum Gasteiger partial charge on any atom is -0.435 e. The van der Waals surface area contributed by atoms with Crippen LogP contribution in [0.4, 0.5) is 8.78 Å². The minimum atomic E-state index is -2.83. The van der Waals surface area contributed by atoms with E-state index in [0.717, 1.165) is 23.4 Å². The molecule has 0 saturated carbocycles. The van der Waals surface area contributed by atoms with Crippen LogP contribution >= 0.6 is 0 Å². The molecule has 0 N–H and O–H groups in total. The van der Waals surface area contributed by atoms with Crippen molar-refractivity contribution >= 4 is 6.29 Å². The Hall–Kier alpha value is -2.17. The van der Waals surface area contributed by atoms with Gasteiger partial charge in [-0.15, -0.1) is 0 Å². The van der Waals surface area contributed by atoms with Gasteiger partial charge in [0.15, 0.2) is 6.29 Å². The molecular weight excluding hydrogens is 252 g/mol. The van der Waals surface area contributed by atoms with E-state index in [4.69, 9.17) is 0 Å². The van der Waals surface area contributed by atoms with E-state index in [0.29, 0.717) is 5.56 Å². The molecule has 3 nitrogen and oxygen atoms in total. The minimum absolute atomic E-state index is 0.108. The first-order valence-corrected chi connectivity index (χ1v) is 5.72. The number of aryl methyl sites for hydroxylation is 1. The maximum atomic E-state index is 12.1. The Bertz CT molecular complexity index is 588. The monoisotopic (exact) mass is 265 g/mol. The first-order valence-electron chi connectivity index (χ1n) is 5.72. The van der Waals surface area contributed by atoms with Crippen LogP contribution in [-0.2, 0) is 0 Å². The van der Waals surface area contributed by atoms with Crippen LogP contribution in [0, 0.1) is 13.8 Å². The SMILES string of the molecule is Cc1cc(C=O)c(C)n1-c1ccc(OC(F)F)cc1. The summed E-state index contributed by atoms with van der Waals surface area (Å²) >= 11 is 0. The van der Waals surface area contributed by atoms with E-state index in [2.05, 4.69) is 4.74 Å². The van der Waals surface area contributed by atoms with Gasteiger partial charge in [-0.25, -0.2) is 0 Å². The van der Waals surface area contributed by atoms with Crippen LogP contribution in [-0.4, -0.2) is 17.5 Å². The Morgan fingerprint density at radius 2 is 1.84 bits per heavy atom. The summed E-state index contributed by atoms with van der Waals surface area (Å²) in [6.07, 6.45) is 0.799. The number of hydrogen-bond acceptors (Lipinski definition) is 2. The van der Waals surface area contributed by atoms with Gasteiger partial charge >= 0.3 is 6.61 Å². The number of nitrogens with zero attached hydrogens (tertiary/aromatic N) is 1. The van der Waals surface area contributed by atoms with Crippen LogP contribution in [0.2, 0.25) is 0 Å². The zero-order chi connectivity index (χ0) is 14.0. The number of alkyl halides is 2. The van der Waals surface area contributed by atoms with Crippen molar-refractivity contribution in [3.63, 3.8) is 0 Å². The predicted octanol–water partition coefficient (Wildman–Crippen LogP) is 3.51. The molecule has 0 spiro atoms. The number of benzene rings is 1. The number of ether oxygens (including phenoxy) is 1. The fourth-order valence-corrected chi connectivity index (χ4v) is 2.08. The zero-order valence-corrected chi connectivity index (χ0v) is 10.6. The summed E-state index contributed by atoms with van der Waals surface area (Å²) < 4.78 is 30.3. The molecule has 0 atom stereocenters. The largest absolute Gasteiger partial charge is 0.435 e. The van der Waals surface area contributed by atoms with E-state index in [1.807, 2.05) is 18.4 Å². The normalized spacial score (nSPS) is 10.8. The zero-order valence-electron chi connectivity index (χ0n) is 10.6. The number of aldehydes is 1. The van der Waals surface area contributed by atoms with Crippen molar-refractivity contribution in [3.05, 3.63) is 47.3 Å². The molecule has 0 saturated heterocycles. The topological polar surface area (TPSA) is 31.2 Å². The lowest BCUT2D eigenvalue weighted by atomic mass is 10.2. The first-order chi connectivity index (χ1) is 9.02. The molecule has 0 aliphatic carbocycles. The summed E-state index contributed by atoms with van der Waals surface area (Å²) in [5.41, 5.74) is 3.13. The number of hydrogen-bond donors (Lipinski definition) is 0. The van der Waals surface area contributed by atoms with Gasteiger partial charge in [-0.3, -0.25) is 4.79 Å². The van der Waals surface area contributed by atoms with Crippen LogP contribution in [0.1, 0.15) is 21.7 Å². The number of carbonyl (C=O) groups is 1. The molecule has 0 unspecified atom stereocenters. The predicted molar refractivity (Wildman–Crippen MR) is 67.3 cm³/mol.